The minimum atomic E-state index is -0.248. The normalized spacial score (nSPS) is 22.2. The van der Waals surface area contributed by atoms with Crippen LogP contribution in [0.1, 0.15) is 33.1 Å². The third kappa shape index (κ3) is 4.00. The molecular formula is C12H22N2O3. The number of nitrogens with zero attached hydrogens (tertiary/aromatic N) is 1. The van der Waals surface area contributed by atoms with E-state index in [1.165, 1.54) is 7.11 Å². The van der Waals surface area contributed by atoms with Crippen LogP contribution in [0.4, 0.5) is 0 Å². The van der Waals surface area contributed by atoms with Gasteiger partial charge in [0.25, 0.3) is 0 Å². The number of rotatable bonds is 5. The average molecular weight is 242 g/mol. The third-order valence-electron chi connectivity index (χ3n) is 3.20. The minimum Gasteiger partial charge on any atom is -0.468 e. The lowest BCUT2D eigenvalue weighted by Crippen LogP contribution is -2.45. The Hall–Kier alpha value is -1.10. The Labute approximate surface area is 102 Å². The summed E-state index contributed by atoms with van der Waals surface area (Å²) in [6, 6.07) is -0.0654. The molecule has 98 valence electrons. The third-order valence-corrected chi connectivity index (χ3v) is 3.20. The molecule has 1 amide bonds. The van der Waals surface area contributed by atoms with Crippen LogP contribution in [-0.4, -0.2) is 49.1 Å². The second-order valence-corrected chi connectivity index (χ2v) is 4.53. The van der Waals surface area contributed by atoms with E-state index in [0.29, 0.717) is 0 Å². The Bertz CT molecular complexity index is 281. The summed E-state index contributed by atoms with van der Waals surface area (Å²) in [6.45, 7) is 5.07. The topological polar surface area (TPSA) is 58.6 Å². The van der Waals surface area contributed by atoms with E-state index in [9.17, 15) is 9.59 Å². The summed E-state index contributed by atoms with van der Waals surface area (Å²) in [6.07, 6.45) is 2.63. The maximum absolute atomic E-state index is 11.7. The summed E-state index contributed by atoms with van der Waals surface area (Å²) in [5.41, 5.74) is 0. The number of carbonyl (C=O) groups excluding carboxylic acids is 2. The van der Waals surface area contributed by atoms with Gasteiger partial charge < -0.3 is 10.1 Å². The van der Waals surface area contributed by atoms with Gasteiger partial charge in [-0.25, -0.2) is 0 Å². The summed E-state index contributed by atoms with van der Waals surface area (Å²) in [7, 11) is 1.39. The highest BCUT2D eigenvalue weighted by molar-refractivity contribution is 5.81. The number of carbonyl (C=O) groups is 2. The molecule has 2 atom stereocenters. The van der Waals surface area contributed by atoms with E-state index < -0.39 is 0 Å². The number of likely N-dealkylation sites (tertiary alicyclic amines) is 1. The van der Waals surface area contributed by atoms with Crippen molar-refractivity contribution in [2.45, 2.75) is 45.2 Å². The van der Waals surface area contributed by atoms with E-state index in [0.717, 1.165) is 25.8 Å². The molecule has 1 N–H and O–H groups in total. The molecule has 1 fully saturated rings. The monoisotopic (exact) mass is 242 g/mol. The lowest BCUT2D eigenvalue weighted by atomic mass is 10.2. The van der Waals surface area contributed by atoms with E-state index in [1.807, 2.05) is 18.7 Å². The number of esters is 1. The van der Waals surface area contributed by atoms with Crippen LogP contribution in [0, 0.1) is 0 Å². The summed E-state index contributed by atoms with van der Waals surface area (Å²) in [5, 5.41) is 2.90. The van der Waals surface area contributed by atoms with Crippen molar-refractivity contribution < 1.29 is 14.3 Å². The van der Waals surface area contributed by atoms with E-state index >= 15 is 0 Å². The molecule has 5 heteroatoms. The molecule has 0 radical (unpaired) electrons. The van der Waals surface area contributed by atoms with Gasteiger partial charge in [-0.15, -0.1) is 0 Å². The molecule has 0 aromatic heterocycles. The van der Waals surface area contributed by atoms with Gasteiger partial charge in [0.15, 0.2) is 0 Å². The number of methoxy groups -OCH3 is 1. The van der Waals surface area contributed by atoms with Crippen molar-refractivity contribution in [1.82, 2.24) is 10.2 Å². The molecule has 0 aromatic carbocycles. The fraction of sp³-hybridized carbons (Fsp3) is 0.833. The van der Waals surface area contributed by atoms with E-state index in [-0.39, 0.29) is 30.5 Å². The first-order chi connectivity index (χ1) is 8.08. The predicted octanol–water partition coefficient (Wildman–Crippen LogP) is 0.539. The quantitative estimate of drug-likeness (QED) is 0.715. The molecule has 1 rings (SSSR count). The first-order valence-electron chi connectivity index (χ1n) is 6.19. The number of hydrogen-bond acceptors (Lipinski definition) is 4. The fourth-order valence-corrected chi connectivity index (χ4v) is 2.03. The van der Waals surface area contributed by atoms with Crippen LogP contribution in [0.15, 0.2) is 0 Å². The molecule has 5 nitrogen and oxygen atoms in total. The largest absolute Gasteiger partial charge is 0.468 e. The van der Waals surface area contributed by atoms with Crippen LogP contribution >= 0.6 is 0 Å². The zero-order valence-electron chi connectivity index (χ0n) is 10.9. The Morgan fingerprint density at radius 3 is 2.82 bits per heavy atom. The first kappa shape index (κ1) is 14.0. The van der Waals surface area contributed by atoms with Gasteiger partial charge in [0, 0.05) is 6.04 Å². The Morgan fingerprint density at radius 1 is 1.53 bits per heavy atom. The van der Waals surface area contributed by atoms with Gasteiger partial charge in [0.1, 0.15) is 6.04 Å². The van der Waals surface area contributed by atoms with Crippen molar-refractivity contribution >= 4 is 11.9 Å². The summed E-state index contributed by atoms with van der Waals surface area (Å²) in [4.78, 5) is 25.1. The average Bonchev–Trinajstić information content (AvgIpc) is 2.75. The smallest absolute Gasteiger partial charge is 0.323 e. The Kier molecular flexibility index (Phi) is 5.41. The van der Waals surface area contributed by atoms with Crippen LogP contribution < -0.4 is 5.32 Å². The molecule has 1 saturated heterocycles. The second-order valence-electron chi connectivity index (χ2n) is 4.53. The maximum atomic E-state index is 11.7. The maximum Gasteiger partial charge on any atom is 0.323 e. The molecule has 1 heterocycles. The van der Waals surface area contributed by atoms with Gasteiger partial charge in [0.2, 0.25) is 5.91 Å². The van der Waals surface area contributed by atoms with Crippen LogP contribution in [0.2, 0.25) is 0 Å². The van der Waals surface area contributed by atoms with Crippen LogP contribution in [0.25, 0.3) is 0 Å². The zero-order valence-corrected chi connectivity index (χ0v) is 10.9. The number of nitrogens with one attached hydrogen (secondary N) is 1. The fourth-order valence-electron chi connectivity index (χ4n) is 2.03. The van der Waals surface area contributed by atoms with Crippen molar-refractivity contribution in [3.8, 4) is 0 Å². The molecule has 0 aliphatic carbocycles. The molecule has 0 aromatic rings. The number of amides is 1. The van der Waals surface area contributed by atoms with Crippen molar-refractivity contribution in [3.05, 3.63) is 0 Å². The van der Waals surface area contributed by atoms with Gasteiger partial charge in [-0.05, 0) is 32.7 Å². The lowest BCUT2D eigenvalue weighted by molar-refractivity contribution is -0.146. The van der Waals surface area contributed by atoms with Crippen LogP contribution in [0.3, 0.4) is 0 Å². The molecular weight excluding hydrogens is 220 g/mol. The standard InChI is InChI=1S/C12H22N2O3/c1-4-9(2)13-11(15)8-14-7-5-6-10(14)12(16)17-3/h9-10H,4-8H2,1-3H3,(H,13,15). The van der Waals surface area contributed by atoms with Gasteiger partial charge in [0.05, 0.1) is 13.7 Å². The molecule has 17 heavy (non-hydrogen) atoms. The molecule has 2 unspecified atom stereocenters. The summed E-state index contributed by atoms with van der Waals surface area (Å²) in [5.74, 6) is -0.256. The highest BCUT2D eigenvalue weighted by atomic mass is 16.5. The van der Waals surface area contributed by atoms with Crippen molar-refractivity contribution in [2.75, 3.05) is 20.2 Å². The van der Waals surface area contributed by atoms with E-state index in [1.54, 1.807) is 0 Å². The predicted molar refractivity (Wildman–Crippen MR) is 64.5 cm³/mol. The van der Waals surface area contributed by atoms with Gasteiger partial charge in [-0.3, -0.25) is 14.5 Å². The molecule has 1 aliphatic heterocycles. The lowest BCUT2D eigenvalue weighted by Gasteiger charge is -2.22. The van der Waals surface area contributed by atoms with E-state index in [4.69, 9.17) is 4.74 Å². The molecule has 0 bridgehead atoms. The van der Waals surface area contributed by atoms with Gasteiger partial charge in [-0.2, -0.15) is 0 Å². The minimum absolute atomic E-state index is 0.0184. The van der Waals surface area contributed by atoms with Crippen molar-refractivity contribution in [3.63, 3.8) is 0 Å². The highest BCUT2D eigenvalue weighted by Gasteiger charge is 2.32. The zero-order chi connectivity index (χ0) is 12.8. The van der Waals surface area contributed by atoms with Gasteiger partial charge in [-0.1, -0.05) is 6.92 Å². The Balaban J connectivity index is 2.44. The number of ether oxygens (including phenoxy) is 1. The SMILES string of the molecule is CCC(C)NC(=O)CN1CCCC1C(=O)OC. The van der Waals surface area contributed by atoms with Crippen LogP contribution in [-0.2, 0) is 14.3 Å². The summed E-state index contributed by atoms with van der Waals surface area (Å²) >= 11 is 0. The van der Waals surface area contributed by atoms with Crippen molar-refractivity contribution in [2.24, 2.45) is 0 Å². The van der Waals surface area contributed by atoms with Gasteiger partial charge >= 0.3 is 5.97 Å². The number of hydrogen-bond donors (Lipinski definition) is 1. The second kappa shape index (κ2) is 6.59. The Morgan fingerprint density at radius 2 is 2.24 bits per heavy atom. The highest BCUT2D eigenvalue weighted by Crippen LogP contribution is 2.17. The van der Waals surface area contributed by atoms with Crippen molar-refractivity contribution in [1.29, 1.82) is 0 Å². The van der Waals surface area contributed by atoms with E-state index in [2.05, 4.69) is 5.32 Å². The first-order valence-corrected chi connectivity index (χ1v) is 6.19. The summed E-state index contributed by atoms with van der Waals surface area (Å²) < 4.78 is 4.74. The molecule has 0 spiro atoms. The molecule has 1 aliphatic rings. The molecule has 0 saturated carbocycles. The van der Waals surface area contributed by atoms with Crippen LogP contribution in [0.5, 0.6) is 0 Å².